The molecular weight excluding hydrogens is 487 g/mol. The summed E-state index contributed by atoms with van der Waals surface area (Å²) in [7, 11) is 0. The Kier molecular flexibility index (Phi) is 6.98. The van der Waals surface area contributed by atoms with Gasteiger partial charge in [-0.1, -0.05) is 118 Å². The first kappa shape index (κ1) is 26.0. The number of aryl methyl sites for hydroxylation is 5. The highest BCUT2D eigenvalue weighted by atomic mass is 16.5. The van der Waals surface area contributed by atoms with Crippen LogP contribution in [0.3, 0.4) is 0 Å². The Morgan fingerprint density at radius 1 is 0.500 bits per heavy atom. The van der Waals surface area contributed by atoms with Crippen LogP contribution in [0.1, 0.15) is 38.9 Å². The Labute approximate surface area is 238 Å². The third kappa shape index (κ3) is 4.93. The fourth-order valence-electron chi connectivity index (χ4n) is 6.27. The summed E-state index contributed by atoms with van der Waals surface area (Å²) in [5.41, 5.74) is 15.2. The number of fused-ring (bicyclic) bond motifs is 3. The van der Waals surface area contributed by atoms with Crippen LogP contribution in [-0.4, -0.2) is 6.71 Å². The summed E-state index contributed by atoms with van der Waals surface area (Å²) >= 11 is 0. The van der Waals surface area contributed by atoms with Crippen LogP contribution in [-0.2, 0) is 13.2 Å². The van der Waals surface area contributed by atoms with Crippen molar-refractivity contribution in [2.75, 3.05) is 0 Å². The monoisotopic (exact) mass is 522 g/mol. The summed E-state index contributed by atoms with van der Waals surface area (Å²) in [4.78, 5) is 0. The van der Waals surface area contributed by atoms with Gasteiger partial charge >= 0.3 is 0 Å². The van der Waals surface area contributed by atoms with E-state index in [0.717, 1.165) is 22.6 Å². The average Bonchev–Trinajstić information content (AvgIpc) is 3.22. The molecule has 0 spiro atoms. The molecule has 2 nitrogen and oxygen atoms in total. The van der Waals surface area contributed by atoms with Gasteiger partial charge in [-0.15, -0.1) is 0 Å². The number of ether oxygens (including phenoxy) is 2. The van der Waals surface area contributed by atoms with Crippen molar-refractivity contribution >= 4 is 23.1 Å². The number of hydrogen-bond acceptors (Lipinski definition) is 2. The molecular formula is C37H35BO2. The molecule has 5 aromatic rings. The van der Waals surface area contributed by atoms with E-state index in [0.29, 0.717) is 13.2 Å². The first-order valence-corrected chi connectivity index (χ1v) is 14.1. The van der Waals surface area contributed by atoms with E-state index in [1.807, 2.05) is 12.1 Å². The van der Waals surface area contributed by atoms with E-state index in [9.17, 15) is 0 Å². The lowest BCUT2D eigenvalue weighted by molar-refractivity contribution is 0.304. The van der Waals surface area contributed by atoms with E-state index >= 15 is 0 Å². The summed E-state index contributed by atoms with van der Waals surface area (Å²) in [6.45, 7) is 12.3. The highest BCUT2D eigenvalue weighted by Gasteiger charge is 2.36. The zero-order valence-corrected chi connectivity index (χ0v) is 24.0. The molecule has 0 aromatic heterocycles. The molecule has 0 amide bonds. The minimum absolute atomic E-state index is 0.175. The lowest BCUT2D eigenvalue weighted by Gasteiger charge is -2.19. The van der Waals surface area contributed by atoms with E-state index in [1.165, 1.54) is 55.3 Å². The second kappa shape index (κ2) is 10.7. The standard InChI is InChI=1S/C37H35BO2/c1-24-16-27(4)37(28(5)17-24)38-33-18-25(2)35(39-22-29-12-8-6-9-13-29)20-31(33)32-21-36(26(3)19-34(32)38)40-23-30-14-10-7-11-15-30/h6-21H,22-23H2,1-5H3. The molecule has 6 rings (SSSR count). The van der Waals surface area contributed by atoms with E-state index < -0.39 is 0 Å². The molecule has 0 saturated heterocycles. The molecule has 40 heavy (non-hydrogen) atoms. The van der Waals surface area contributed by atoms with Crippen molar-refractivity contribution < 1.29 is 9.47 Å². The molecule has 0 fully saturated rings. The first-order valence-electron chi connectivity index (χ1n) is 14.1. The van der Waals surface area contributed by atoms with Crippen LogP contribution in [0, 0.1) is 34.6 Å². The lowest BCUT2D eigenvalue weighted by Crippen LogP contribution is -2.51. The van der Waals surface area contributed by atoms with Gasteiger partial charge in [0.15, 0.2) is 0 Å². The van der Waals surface area contributed by atoms with Crippen molar-refractivity contribution in [2.24, 2.45) is 0 Å². The number of hydrogen-bond donors (Lipinski definition) is 0. The fourth-order valence-corrected chi connectivity index (χ4v) is 6.27. The Hall–Kier alpha value is -4.24. The molecule has 0 atom stereocenters. The van der Waals surface area contributed by atoms with Crippen LogP contribution in [0.2, 0.25) is 0 Å². The molecule has 5 aromatic carbocycles. The Bertz CT molecular complexity index is 1570. The molecule has 198 valence electrons. The quantitative estimate of drug-likeness (QED) is 0.213. The Balaban J connectivity index is 1.46. The largest absolute Gasteiger partial charge is 0.489 e. The number of benzene rings is 5. The summed E-state index contributed by atoms with van der Waals surface area (Å²) in [6, 6.07) is 34.6. The highest BCUT2D eigenvalue weighted by molar-refractivity contribution is 6.99. The second-order valence-electron chi connectivity index (χ2n) is 11.2. The summed E-state index contributed by atoms with van der Waals surface area (Å²) in [5, 5.41) is 0. The van der Waals surface area contributed by atoms with Crippen molar-refractivity contribution in [2.45, 2.75) is 47.8 Å². The van der Waals surface area contributed by atoms with Gasteiger partial charge in [-0.2, -0.15) is 0 Å². The van der Waals surface area contributed by atoms with Gasteiger partial charge in [-0.05, 0) is 80.1 Å². The van der Waals surface area contributed by atoms with Crippen molar-refractivity contribution in [3.05, 3.63) is 136 Å². The van der Waals surface area contributed by atoms with E-state index in [2.05, 4.69) is 120 Å². The topological polar surface area (TPSA) is 18.5 Å². The van der Waals surface area contributed by atoms with Crippen LogP contribution < -0.4 is 25.9 Å². The highest BCUT2D eigenvalue weighted by Crippen LogP contribution is 2.34. The average molecular weight is 522 g/mol. The zero-order valence-electron chi connectivity index (χ0n) is 24.0. The minimum atomic E-state index is 0.175. The van der Waals surface area contributed by atoms with Crippen LogP contribution >= 0.6 is 0 Å². The van der Waals surface area contributed by atoms with Crippen molar-refractivity contribution in [3.63, 3.8) is 0 Å². The van der Waals surface area contributed by atoms with Crippen molar-refractivity contribution in [1.29, 1.82) is 0 Å². The maximum Gasteiger partial charge on any atom is 0.243 e. The second-order valence-corrected chi connectivity index (χ2v) is 11.2. The van der Waals surface area contributed by atoms with Crippen LogP contribution in [0.25, 0.3) is 11.1 Å². The van der Waals surface area contributed by atoms with Crippen LogP contribution in [0.15, 0.2) is 97.1 Å². The first-order chi connectivity index (χ1) is 19.4. The Morgan fingerprint density at radius 2 is 0.925 bits per heavy atom. The molecule has 0 aliphatic carbocycles. The van der Waals surface area contributed by atoms with Gasteiger partial charge in [0.2, 0.25) is 6.71 Å². The minimum Gasteiger partial charge on any atom is -0.489 e. The summed E-state index contributed by atoms with van der Waals surface area (Å²) in [6.07, 6.45) is 0. The van der Waals surface area contributed by atoms with Gasteiger partial charge in [0.1, 0.15) is 24.7 Å². The lowest BCUT2D eigenvalue weighted by atomic mass is 9.37. The third-order valence-electron chi connectivity index (χ3n) is 8.11. The van der Waals surface area contributed by atoms with E-state index in [-0.39, 0.29) is 6.71 Å². The molecule has 0 N–H and O–H groups in total. The van der Waals surface area contributed by atoms with E-state index in [1.54, 1.807) is 0 Å². The predicted octanol–water partition coefficient (Wildman–Crippen LogP) is 6.88. The predicted molar refractivity (Wildman–Crippen MR) is 168 cm³/mol. The summed E-state index contributed by atoms with van der Waals surface area (Å²) in [5.74, 6) is 1.86. The molecule has 0 bridgehead atoms. The van der Waals surface area contributed by atoms with Crippen LogP contribution in [0.4, 0.5) is 0 Å². The molecule has 0 radical (unpaired) electrons. The molecule has 1 heterocycles. The molecule has 1 aliphatic rings. The molecule has 3 heteroatoms. The Morgan fingerprint density at radius 3 is 1.35 bits per heavy atom. The van der Waals surface area contributed by atoms with Gasteiger partial charge in [-0.25, -0.2) is 0 Å². The van der Waals surface area contributed by atoms with Gasteiger partial charge in [0.05, 0.1) is 0 Å². The maximum absolute atomic E-state index is 6.40. The maximum atomic E-state index is 6.40. The zero-order chi connectivity index (χ0) is 27.8. The summed E-state index contributed by atoms with van der Waals surface area (Å²) < 4.78 is 12.8. The normalized spacial score (nSPS) is 11.8. The molecule has 0 saturated carbocycles. The van der Waals surface area contributed by atoms with Crippen LogP contribution in [0.5, 0.6) is 11.5 Å². The van der Waals surface area contributed by atoms with Gasteiger partial charge < -0.3 is 9.47 Å². The fraction of sp³-hybridized carbons (Fsp3) is 0.189. The smallest absolute Gasteiger partial charge is 0.243 e. The van der Waals surface area contributed by atoms with Crippen molar-refractivity contribution in [3.8, 4) is 22.6 Å². The third-order valence-corrected chi connectivity index (χ3v) is 8.11. The van der Waals surface area contributed by atoms with Gasteiger partial charge in [-0.3, -0.25) is 0 Å². The van der Waals surface area contributed by atoms with Gasteiger partial charge in [0, 0.05) is 0 Å². The van der Waals surface area contributed by atoms with E-state index in [4.69, 9.17) is 9.47 Å². The molecule has 1 aliphatic heterocycles. The van der Waals surface area contributed by atoms with Gasteiger partial charge in [0.25, 0.3) is 0 Å². The SMILES string of the molecule is Cc1cc(C)c(B2c3cc(C)c(OCc4ccccc4)cc3-c3cc(OCc4ccccc4)c(C)cc32)c(C)c1. The van der Waals surface area contributed by atoms with Crippen molar-refractivity contribution in [1.82, 2.24) is 0 Å². The molecule has 0 unspecified atom stereocenters. The number of rotatable bonds is 7.